The zero-order chi connectivity index (χ0) is 18.6. The van der Waals surface area contributed by atoms with Crippen molar-refractivity contribution < 1.29 is 4.79 Å². The van der Waals surface area contributed by atoms with Crippen molar-refractivity contribution in [3.63, 3.8) is 0 Å². The first kappa shape index (κ1) is 17.6. The normalized spacial score (nSPS) is 16.4. The fraction of sp³-hybridized carbons (Fsp3) is 0.261. The maximum Gasteiger partial charge on any atom is 0.167 e. The first-order chi connectivity index (χ1) is 13.2. The molecule has 1 saturated heterocycles. The summed E-state index contributed by atoms with van der Waals surface area (Å²) in [4.78, 5) is 15.1. The summed E-state index contributed by atoms with van der Waals surface area (Å²) in [5.74, 6) is 0.0988. The molecule has 4 heteroatoms. The van der Waals surface area contributed by atoms with Crippen LogP contribution < -0.4 is 16.0 Å². The molecule has 2 aromatic carbocycles. The van der Waals surface area contributed by atoms with Gasteiger partial charge in [0.2, 0.25) is 0 Å². The highest BCUT2D eigenvalue weighted by atomic mass is 16.1. The number of nitrogens with one attached hydrogen (secondary N) is 1. The number of hydrogen-bond acceptors (Lipinski definition) is 4. The van der Waals surface area contributed by atoms with Gasteiger partial charge in [0.25, 0.3) is 0 Å². The van der Waals surface area contributed by atoms with Crippen molar-refractivity contribution >= 4 is 22.7 Å². The second-order valence-electron chi connectivity index (χ2n) is 7.10. The number of carbonyl (C=O) groups excluding carboxylic acids is 1. The van der Waals surface area contributed by atoms with Crippen LogP contribution in [0.3, 0.4) is 0 Å². The molecule has 4 nitrogen and oxygen atoms in total. The molecule has 0 spiro atoms. The van der Waals surface area contributed by atoms with Crippen molar-refractivity contribution in [2.24, 2.45) is 0 Å². The molecule has 1 fully saturated rings. The van der Waals surface area contributed by atoms with Crippen molar-refractivity contribution in [3.05, 3.63) is 77.4 Å². The average Bonchev–Trinajstić information content (AvgIpc) is 3.25. The fourth-order valence-electron chi connectivity index (χ4n) is 3.67. The van der Waals surface area contributed by atoms with Gasteiger partial charge in [-0.15, -0.1) is 0 Å². The van der Waals surface area contributed by atoms with Gasteiger partial charge in [-0.25, -0.2) is 0 Å². The Morgan fingerprint density at radius 1 is 1.07 bits per heavy atom. The summed E-state index contributed by atoms with van der Waals surface area (Å²) < 4.78 is 0. The number of Topliss-reactive ketones (excluding diaryl/α,β-unsaturated/α-hetero) is 1. The van der Waals surface area contributed by atoms with E-state index in [1.54, 1.807) is 0 Å². The molecule has 0 aromatic heterocycles. The summed E-state index contributed by atoms with van der Waals surface area (Å²) >= 11 is 0. The first-order valence-electron chi connectivity index (χ1n) is 9.55. The summed E-state index contributed by atoms with van der Waals surface area (Å²) in [5.41, 5.74) is 11.9. The fourth-order valence-corrected chi connectivity index (χ4v) is 3.67. The molecule has 2 aliphatic rings. The van der Waals surface area contributed by atoms with Crippen LogP contribution in [0.2, 0.25) is 0 Å². The van der Waals surface area contributed by atoms with Crippen LogP contribution in [0, 0.1) is 0 Å². The minimum absolute atomic E-state index is 0.0988. The molecule has 2 aromatic rings. The van der Waals surface area contributed by atoms with Gasteiger partial charge in [-0.05, 0) is 59.5 Å². The van der Waals surface area contributed by atoms with Gasteiger partial charge in [0.1, 0.15) is 0 Å². The minimum atomic E-state index is 0.0988. The van der Waals surface area contributed by atoms with E-state index in [2.05, 4.69) is 28.4 Å². The lowest BCUT2D eigenvalue weighted by Crippen LogP contribution is -2.43. The third-order valence-corrected chi connectivity index (χ3v) is 5.27. The number of hydrogen-bond donors (Lipinski definition) is 2. The van der Waals surface area contributed by atoms with E-state index in [1.807, 2.05) is 42.5 Å². The number of anilines is 2. The van der Waals surface area contributed by atoms with E-state index in [4.69, 9.17) is 5.73 Å². The highest BCUT2D eigenvalue weighted by Gasteiger charge is 2.14. The molecule has 3 N–H and O–H groups in total. The van der Waals surface area contributed by atoms with E-state index in [0.717, 1.165) is 49.3 Å². The number of nitrogens with two attached hydrogens (primary N) is 1. The maximum absolute atomic E-state index is 12.8. The number of carbonyl (C=O) groups is 1. The van der Waals surface area contributed by atoms with Crippen LogP contribution in [0.4, 0.5) is 11.4 Å². The summed E-state index contributed by atoms with van der Waals surface area (Å²) in [6, 6.07) is 13.9. The molecule has 1 aliphatic carbocycles. The monoisotopic (exact) mass is 359 g/mol. The van der Waals surface area contributed by atoms with Gasteiger partial charge in [-0.3, -0.25) is 4.79 Å². The van der Waals surface area contributed by atoms with Gasteiger partial charge in [-0.2, -0.15) is 0 Å². The van der Waals surface area contributed by atoms with Gasteiger partial charge in [0, 0.05) is 49.5 Å². The molecule has 27 heavy (non-hydrogen) atoms. The van der Waals surface area contributed by atoms with Crippen LogP contribution in [0.1, 0.15) is 27.9 Å². The summed E-state index contributed by atoms with van der Waals surface area (Å²) in [6.45, 7) is 4.01. The van der Waals surface area contributed by atoms with E-state index in [1.165, 1.54) is 11.3 Å². The Morgan fingerprint density at radius 3 is 2.56 bits per heavy atom. The first-order valence-corrected chi connectivity index (χ1v) is 9.55. The maximum atomic E-state index is 12.8. The second-order valence-corrected chi connectivity index (χ2v) is 7.10. The lowest BCUT2D eigenvalue weighted by Gasteiger charge is -2.29. The van der Waals surface area contributed by atoms with Crippen LogP contribution in [0.5, 0.6) is 0 Å². The molecule has 0 radical (unpaired) electrons. The van der Waals surface area contributed by atoms with Crippen molar-refractivity contribution in [3.8, 4) is 0 Å². The number of nitrogens with zero attached hydrogens (tertiary/aromatic N) is 1. The summed E-state index contributed by atoms with van der Waals surface area (Å²) in [6.07, 6.45) is 7.73. The van der Waals surface area contributed by atoms with Crippen LogP contribution in [0.15, 0.2) is 60.7 Å². The number of allylic oxidation sites excluding steroid dienone is 4. The molecule has 1 heterocycles. The Bertz CT molecular complexity index is 890. The Labute approximate surface area is 160 Å². The second kappa shape index (κ2) is 7.80. The zero-order valence-corrected chi connectivity index (χ0v) is 15.4. The van der Waals surface area contributed by atoms with Gasteiger partial charge < -0.3 is 16.0 Å². The number of benzene rings is 2. The predicted molar refractivity (Wildman–Crippen MR) is 112 cm³/mol. The molecular formula is C23H25N3O. The lowest BCUT2D eigenvalue weighted by molar-refractivity contribution is 0.0993. The van der Waals surface area contributed by atoms with Crippen molar-refractivity contribution in [1.29, 1.82) is 0 Å². The molecule has 0 atom stereocenters. The van der Waals surface area contributed by atoms with Crippen molar-refractivity contribution in [1.82, 2.24) is 5.32 Å². The Hall–Kier alpha value is -2.85. The lowest BCUT2D eigenvalue weighted by atomic mass is 9.97. The Kier molecular flexibility index (Phi) is 5.07. The number of nitrogen functional groups attached to an aromatic ring is 1. The van der Waals surface area contributed by atoms with Gasteiger partial charge >= 0.3 is 0 Å². The standard InChI is InChI=1S/C23H25N3O/c24-22-10-7-19(17-3-1-2-4-17)15-20(22)16-23(27)18-5-8-21(9-6-18)26-13-11-25-12-14-26/h1,3-10,15,25H,2,11-14,16,24H2. The van der Waals surface area contributed by atoms with Crippen LogP contribution >= 0.6 is 0 Å². The molecule has 0 bridgehead atoms. The number of rotatable bonds is 5. The zero-order valence-electron chi connectivity index (χ0n) is 15.4. The smallest absolute Gasteiger partial charge is 0.167 e. The molecule has 138 valence electrons. The predicted octanol–water partition coefficient (Wildman–Crippen LogP) is 3.45. The van der Waals surface area contributed by atoms with Crippen LogP contribution in [0.25, 0.3) is 5.57 Å². The van der Waals surface area contributed by atoms with Crippen LogP contribution in [-0.4, -0.2) is 32.0 Å². The Morgan fingerprint density at radius 2 is 1.85 bits per heavy atom. The van der Waals surface area contributed by atoms with E-state index in [0.29, 0.717) is 12.1 Å². The molecule has 0 unspecified atom stereocenters. The summed E-state index contributed by atoms with van der Waals surface area (Å²) in [7, 11) is 0. The quantitative estimate of drug-likeness (QED) is 0.634. The Balaban J connectivity index is 1.48. The molecule has 0 amide bonds. The molecule has 4 rings (SSSR count). The highest BCUT2D eigenvalue weighted by Crippen LogP contribution is 2.26. The van der Waals surface area contributed by atoms with Crippen molar-refractivity contribution in [2.45, 2.75) is 12.8 Å². The van der Waals surface area contributed by atoms with E-state index in [-0.39, 0.29) is 5.78 Å². The highest BCUT2D eigenvalue weighted by molar-refractivity contribution is 5.98. The van der Waals surface area contributed by atoms with Gasteiger partial charge in [0.05, 0.1) is 0 Å². The van der Waals surface area contributed by atoms with E-state index in [9.17, 15) is 4.79 Å². The minimum Gasteiger partial charge on any atom is -0.398 e. The third kappa shape index (κ3) is 3.96. The number of ketones is 1. The number of piperazine rings is 1. The topological polar surface area (TPSA) is 58.4 Å². The molecular weight excluding hydrogens is 334 g/mol. The third-order valence-electron chi connectivity index (χ3n) is 5.27. The largest absolute Gasteiger partial charge is 0.398 e. The van der Waals surface area contributed by atoms with Gasteiger partial charge in [0.15, 0.2) is 5.78 Å². The molecule has 1 aliphatic heterocycles. The van der Waals surface area contributed by atoms with Crippen LogP contribution in [-0.2, 0) is 6.42 Å². The van der Waals surface area contributed by atoms with E-state index < -0.39 is 0 Å². The molecule has 0 saturated carbocycles. The van der Waals surface area contributed by atoms with E-state index >= 15 is 0 Å². The average molecular weight is 359 g/mol. The van der Waals surface area contributed by atoms with Crippen molar-refractivity contribution in [2.75, 3.05) is 36.8 Å². The SMILES string of the molecule is Nc1ccc(C2=CCC=C2)cc1CC(=O)c1ccc(N2CCNCC2)cc1. The summed E-state index contributed by atoms with van der Waals surface area (Å²) in [5, 5.41) is 3.36. The van der Waals surface area contributed by atoms with Gasteiger partial charge in [-0.1, -0.05) is 24.3 Å².